The highest BCUT2D eigenvalue weighted by Crippen LogP contribution is 2.44. The summed E-state index contributed by atoms with van der Waals surface area (Å²) in [7, 11) is 0. The monoisotopic (exact) mass is 171 g/mol. The average Bonchev–Trinajstić information content (AvgIpc) is 2.36. The lowest BCUT2D eigenvalue weighted by molar-refractivity contribution is 0.0709. The van der Waals surface area contributed by atoms with Crippen LogP contribution in [0.3, 0.4) is 0 Å². The van der Waals surface area contributed by atoms with Gasteiger partial charge in [-0.25, -0.2) is 0 Å². The van der Waals surface area contributed by atoms with Crippen LogP contribution in [0, 0.1) is 5.41 Å². The van der Waals surface area contributed by atoms with E-state index in [2.05, 4.69) is 19.2 Å². The molecule has 0 radical (unpaired) electrons. The molecular weight excluding hydrogens is 150 g/mol. The fourth-order valence-electron chi connectivity index (χ4n) is 1.37. The van der Waals surface area contributed by atoms with Gasteiger partial charge in [-0.3, -0.25) is 0 Å². The summed E-state index contributed by atoms with van der Waals surface area (Å²) < 4.78 is 0. The number of hydrogen-bond donors (Lipinski definition) is 2. The standard InChI is InChI=1S/C10H21NO/c1-9(2)7-8(9)11-6-5-10(3,4)12/h8,11-12H,5-7H2,1-4H3. The molecule has 0 aromatic rings. The van der Waals surface area contributed by atoms with Crippen molar-refractivity contribution in [3.05, 3.63) is 0 Å². The number of rotatable bonds is 4. The van der Waals surface area contributed by atoms with Gasteiger partial charge in [-0.15, -0.1) is 0 Å². The zero-order valence-electron chi connectivity index (χ0n) is 8.65. The van der Waals surface area contributed by atoms with Crippen molar-refractivity contribution >= 4 is 0 Å². The van der Waals surface area contributed by atoms with Crippen LogP contribution in [0.15, 0.2) is 0 Å². The molecule has 1 atom stereocenters. The quantitative estimate of drug-likeness (QED) is 0.672. The van der Waals surface area contributed by atoms with Gasteiger partial charge < -0.3 is 10.4 Å². The van der Waals surface area contributed by atoms with Crippen LogP contribution in [0.25, 0.3) is 0 Å². The molecule has 2 nitrogen and oxygen atoms in total. The summed E-state index contributed by atoms with van der Waals surface area (Å²) in [6.45, 7) is 9.18. The highest BCUT2D eigenvalue weighted by atomic mass is 16.3. The van der Waals surface area contributed by atoms with Crippen molar-refractivity contribution in [2.75, 3.05) is 6.54 Å². The van der Waals surface area contributed by atoms with Crippen LogP contribution in [0.2, 0.25) is 0 Å². The van der Waals surface area contributed by atoms with Gasteiger partial charge in [0.1, 0.15) is 0 Å². The first-order valence-electron chi connectivity index (χ1n) is 4.77. The summed E-state index contributed by atoms with van der Waals surface area (Å²) >= 11 is 0. The van der Waals surface area contributed by atoms with Gasteiger partial charge in [-0.2, -0.15) is 0 Å². The molecular formula is C10H21NO. The maximum absolute atomic E-state index is 9.44. The van der Waals surface area contributed by atoms with E-state index in [0.29, 0.717) is 11.5 Å². The zero-order valence-corrected chi connectivity index (χ0v) is 8.65. The third-order valence-corrected chi connectivity index (χ3v) is 2.64. The summed E-state index contributed by atoms with van der Waals surface area (Å²) in [6, 6.07) is 0.680. The van der Waals surface area contributed by atoms with Crippen molar-refractivity contribution in [3.63, 3.8) is 0 Å². The van der Waals surface area contributed by atoms with Crippen LogP contribution in [0.1, 0.15) is 40.5 Å². The van der Waals surface area contributed by atoms with Crippen LogP contribution in [0.5, 0.6) is 0 Å². The lowest BCUT2D eigenvalue weighted by Crippen LogP contribution is -2.29. The van der Waals surface area contributed by atoms with Crippen molar-refractivity contribution in [3.8, 4) is 0 Å². The van der Waals surface area contributed by atoms with E-state index in [-0.39, 0.29) is 0 Å². The Balaban J connectivity index is 2.05. The molecule has 0 bridgehead atoms. The molecule has 0 aromatic heterocycles. The maximum atomic E-state index is 9.44. The largest absolute Gasteiger partial charge is 0.390 e. The molecule has 2 N–H and O–H groups in total. The van der Waals surface area contributed by atoms with Crippen molar-refractivity contribution in [1.82, 2.24) is 5.32 Å². The van der Waals surface area contributed by atoms with Gasteiger partial charge in [0.25, 0.3) is 0 Å². The molecule has 0 heterocycles. The minimum atomic E-state index is -0.522. The zero-order chi connectivity index (χ0) is 9.41. The minimum Gasteiger partial charge on any atom is -0.390 e. The smallest absolute Gasteiger partial charge is 0.0603 e. The summed E-state index contributed by atoms with van der Waals surface area (Å²) in [5.41, 5.74) is -0.0222. The van der Waals surface area contributed by atoms with Gasteiger partial charge in [0.2, 0.25) is 0 Å². The summed E-state index contributed by atoms with van der Waals surface area (Å²) in [5.74, 6) is 0. The number of nitrogens with one attached hydrogen (secondary N) is 1. The SMILES string of the molecule is CC(C)(O)CCNC1CC1(C)C. The molecule has 1 aliphatic rings. The molecule has 1 aliphatic carbocycles. The second-order valence-electron chi connectivity index (χ2n) is 5.26. The van der Waals surface area contributed by atoms with Crippen LogP contribution in [-0.2, 0) is 0 Å². The molecule has 1 unspecified atom stereocenters. The van der Waals surface area contributed by atoms with E-state index in [1.54, 1.807) is 0 Å². The molecule has 1 saturated carbocycles. The maximum Gasteiger partial charge on any atom is 0.0603 e. The Kier molecular flexibility index (Phi) is 2.50. The van der Waals surface area contributed by atoms with Gasteiger partial charge >= 0.3 is 0 Å². The Hall–Kier alpha value is -0.0800. The fraction of sp³-hybridized carbons (Fsp3) is 1.00. The Morgan fingerprint density at radius 2 is 2.00 bits per heavy atom. The van der Waals surface area contributed by atoms with Crippen molar-refractivity contribution in [2.24, 2.45) is 5.41 Å². The molecule has 0 saturated heterocycles. The van der Waals surface area contributed by atoms with Crippen molar-refractivity contribution in [1.29, 1.82) is 0 Å². The molecule has 2 heteroatoms. The lowest BCUT2D eigenvalue weighted by Gasteiger charge is -2.17. The molecule has 1 rings (SSSR count). The fourth-order valence-corrected chi connectivity index (χ4v) is 1.37. The highest BCUT2D eigenvalue weighted by molar-refractivity contribution is 5.01. The van der Waals surface area contributed by atoms with Gasteiger partial charge in [0, 0.05) is 6.04 Å². The Morgan fingerprint density at radius 1 is 1.50 bits per heavy atom. The lowest BCUT2D eigenvalue weighted by atomic mass is 10.1. The molecule has 0 aliphatic heterocycles. The molecule has 0 amide bonds. The van der Waals surface area contributed by atoms with Gasteiger partial charge in [0.05, 0.1) is 5.60 Å². The van der Waals surface area contributed by atoms with Gasteiger partial charge in [0.15, 0.2) is 0 Å². The van der Waals surface area contributed by atoms with E-state index in [0.717, 1.165) is 13.0 Å². The normalized spacial score (nSPS) is 27.2. The first-order chi connectivity index (χ1) is 5.31. The predicted octanol–water partition coefficient (Wildman–Crippen LogP) is 1.54. The predicted molar refractivity (Wildman–Crippen MR) is 51.1 cm³/mol. The van der Waals surface area contributed by atoms with Crippen molar-refractivity contribution < 1.29 is 5.11 Å². The van der Waals surface area contributed by atoms with Crippen LogP contribution < -0.4 is 5.32 Å². The number of hydrogen-bond acceptors (Lipinski definition) is 2. The first kappa shape index (κ1) is 10.0. The Labute approximate surface area is 75.4 Å². The number of aliphatic hydroxyl groups is 1. The molecule has 72 valence electrons. The topological polar surface area (TPSA) is 32.3 Å². The van der Waals surface area contributed by atoms with Gasteiger partial charge in [-0.1, -0.05) is 13.8 Å². The average molecular weight is 171 g/mol. The van der Waals surface area contributed by atoms with E-state index >= 15 is 0 Å². The van der Waals surface area contributed by atoms with E-state index in [1.807, 2.05) is 13.8 Å². The summed E-state index contributed by atoms with van der Waals surface area (Å²) in [4.78, 5) is 0. The van der Waals surface area contributed by atoms with E-state index in [9.17, 15) is 5.11 Å². The minimum absolute atomic E-state index is 0.500. The summed E-state index contributed by atoms with van der Waals surface area (Å²) in [6.07, 6.45) is 2.11. The van der Waals surface area contributed by atoms with Crippen LogP contribution in [-0.4, -0.2) is 23.3 Å². The first-order valence-corrected chi connectivity index (χ1v) is 4.77. The summed E-state index contributed by atoms with van der Waals surface area (Å²) in [5, 5.41) is 12.9. The van der Waals surface area contributed by atoms with Crippen molar-refractivity contribution in [2.45, 2.75) is 52.2 Å². The van der Waals surface area contributed by atoms with E-state index < -0.39 is 5.60 Å². The third-order valence-electron chi connectivity index (χ3n) is 2.64. The van der Waals surface area contributed by atoms with Crippen LogP contribution in [0.4, 0.5) is 0 Å². The molecule has 12 heavy (non-hydrogen) atoms. The Bertz CT molecular complexity index is 158. The van der Waals surface area contributed by atoms with E-state index in [4.69, 9.17) is 0 Å². The molecule has 0 spiro atoms. The second kappa shape index (κ2) is 3.00. The van der Waals surface area contributed by atoms with Gasteiger partial charge in [-0.05, 0) is 38.6 Å². The van der Waals surface area contributed by atoms with Crippen LogP contribution >= 0.6 is 0 Å². The third kappa shape index (κ3) is 3.11. The molecule has 1 fully saturated rings. The second-order valence-corrected chi connectivity index (χ2v) is 5.26. The Morgan fingerprint density at radius 3 is 2.33 bits per heavy atom. The molecule has 0 aromatic carbocycles. The highest BCUT2D eigenvalue weighted by Gasteiger charge is 2.44. The van der Waals surface area contributed by atoms with E-state index in [1.165, 1.54) is 6.42 Å².